The number of ether oxygens (including phenoxy) is 7. The van der Waals surface area contributed by atoms with Crippen molar-refractivity contribution < 1.29 is 70.7 Å². The molecular formula is C47H54F2N8O13. The molecule has 70 heavy (non-hydrogen) atoms. The molecule has 2 saturated heterocycles. The Morgan fingerprint density at radius 1 is 0.800 bits per heavy atom. The van der Waals surface area contributed by atoms with Crippen LogP contribution in [-0.2, 0) is 38.0 Å². The summed E-state index contributed by atoms with van der Waals surface area (Å²) in [6.45, 7) is 4.15. The van der Waals surface area contributed by atoms with Gasteiger partial charge in [0.1, 0.15) is 41.3 Å². The van der Waals surface area contributed by atoms with Crippen LogP contribution in [0, 0.1) is 11.6 Å². The lowest BCUT2D eigenvalue weighted by atomic mass is 10.0. The Hall–Kier alpha value is -7.05. The van der Waals surface area contributed by atoms with E-state index in [9.17, 15) is 37.5 Å². The number of nitrogens with zero attached hydrogens (tertiary/aromatic N) is 4. The fourth-order valence-corrected chi connectivity index (χ4v) is 8.04. The van der Waals surface area contributed by atoms with Crippen LogP contribution in [0.1, 0.15) is 62.8 Å². The van der Waals surface area contributed by atoms with Gasteiger partial charge in [-0.05, 0) is 67.8 Å². The number of fused-ring (bicyclic) bond motifs is 1. The van der Waals surface area contributed by atoms with E-state index in [1.54, 1.807) is 29.2 Å². The topological polar surface area (TPSA) is 267 Å². The van der Waals surface area contributed by atoms with E-state index in [1.807, 2.05) is 0 Å². The Balaban J connectivity index is 0.698. The van der Waals surface area contributed by atoms with Crippen LogP contribution in [0.2, 0.25) is 0 Å². The minimum atomic E-state index is -1.04. The van der Waals surface area contributed by atoms with Gasteiger partial charge in [0.15, 0.2) is 11.6 Å². The molecule has 0 aliphatic carbocycles. The summed E-state index contributed by atoms with van der Waals surface area (Å²) in [7, 11) is 0. The molecule has 7 rings (SSSR count). The molecule has 4 aromatic rings. The highest BCUT2D eigenvalue weighted by molar-refractivity contribution is 6.25. The van der Waals surface area contributed by atoms with Crippen LogP contribution in [0.5, 0.6) is 11.5 Å². The molecule has 3 aliphatic rings. The molecule has 4 heterocycles. The van der Waals surface area contributed by atoms with E-state index in [0.29, 0.717) is 96.1 Å². The van der Waals surface area contributed by atoms with Crippen molar-refractivity contribution in [1.29, 1.82) is 0 Å². The second-order valence-corrected chi connectivity index (χ2v) is 16.1. The molecule has 3 aliphatic heterocycles. The summed E-state index contributed by atoms with van der Waals surface area (Å²) in [5.74, 6) is -4.49. The smallest absolute Gasteiger partial charge is 0.409 e. The zero-order chi connectivity index (χ0) is 49.6. The van der Waals surface area contributed by atoms with Gasteiger partial charge in [-0.2, -0.15) is 5.10 Å². The molecule has 0 spiro atoms. The number of nitrogens with one attached hydrogen (secondary N) is 2. The first-order chi connectivity index (χ1) is 33.9. The first kappa shape index (κ1) is 50.8. The number of aromatic nitrogens is 2. The van der Waals surface area contributed by atoms with Gasteiger partial charge in [-0.15, -0.1) is 0 Å². The maximum Gasteiger partial charge on any atom is 0.409 e. The van der Waals surface area contributed by atoms with E-state index in [0.717, 1.165) is 11.0 Å². The van der Waals surface area contributed by atoms with Gasteiger partial charge < -0.3 is 54.8 Å². The predicted molar refractivity (Wildman–Crippen MR) is 244 cm³/mol. The van der Waals surface area contributed by atoms with Crippen LogP contribution in [0.25, 0.3) is 11.3 Å². The monoisotopic (exact) mass is 976 g/mol. The summed E-state index contributed by atoms with van der Waals surface area (Å²) < 4.78 is 67.6. The number of primary amides is 1. The Morgan fingerprint density at radius 3 is 2.10 bits per heavy atom. The number of piperidine rings is 2. The number of carbonyl (C=O) groups is 6. The van der Waals surface area contributed by atoms with Crippen LogP contribution < -0.4 is 26.8 Å². The molecule has 6 N–H and O–H groups in total. The summed E-state index contributed by atoms with van der Waals surface area (Å²) in [4.78, 5) is 78.1. The summed E-state index contributed by atoms with van der Waals surface area (Å²) in [6.07, 6.45) is 0.839. The number of likely N-dealkylation sites (tertiary alicyclic amines) is 1. The molecule has 0 saturated carbocycles. The Morgan fingerprint density at radius 2 is 1.46 bits per heavy atom. The van der Waals surface area contributed by atoms with Crippen molar-refractivity contribution in [2.24, 2.45) is 5.73 Å². The maximum absolute atomic E-state index is 14.1. The molecule has 6 amide bonds. The number of imide groups is 2. The van der Waals surface area contributed by atoms with Gasteiger partial charge in [0.2, 0.25) is 11.8 Å². The standard InChI is InChI=1S/C47H54F2N8O13/c48-30-8-12-37(34(49)27-30)70-32-9-6-29(7-10-32)41-40(43(51)59)42(50)57(54-41)31-3-2-15-55(28-31)47(63)69-26-25-68-24-23-67-22-21-66-20-19-65-18-17-64-16-14-52-35-5-1-4-33-39(35)46(62)56(45(33)61)36-11-13-38(58)53-44(36)60/h1,4-10,12,27,31,36,52H,2-3,11,13-26,28,50H2,(H2,51,59)(H,53,58,60)/t31-,36?/m1/s1. The average Bonchev–Trinajstić information content (AvgIpc) is 3.83. The maximum atomic E-state index is 14.1. The number of nitrogens with two attached hydrogens (primary N) is 2. The van der Waals surface area contributed by atoms with Crippen molar-refractivity contribution in [3.8, 4) is 22.8 Å². The SMILES string of the molecule is NC(=O)c1c(-c2ccc(Oc3ccc(F)cc3F)cc2)nn([C@@H]2CCCN(C(=O)OCCOCCOCCOCCOCCOCCNc3cccc4c3C(=O)N(C3CCC(=O)NC3=O)C4=O)C2)c1N. The molecular weight excluding hydrogens is 923 g/mol. The van der Waals surface area contributed by atoms with Crippen LogP contribution >= 0.6 is 0 Å². The molecule has 3 aromatic carbocycles. The van der Waals surface area contributed by atoms with Crippen molar-refractivity contribution in [3.63, 3.8) is 0 Å². The molecule has 1 aromatic heterocycles. The van der Waals surface area contributed by atoms with Crippen molar-refractivity contribution in [1.82, 2.24) is 24.9 Å². The largest absolute Gasteiger partial charge is 0.454 e. The fourth-order valence-electron chi connectivity index (χ4n) is 8.04. The third-order valence-corrected chi connectivity index (χ3v) is 11.4. The number of hydrogen-bond acceptors (Lipinski definition) is 16. The lowest BCUT2D eigenvalue weighted by Crippen LogP contribution is -2.54. The van der Waals surface area contributed by atoms with Crippen molar-refractivity contribution in [2.45, 2.75) is 37.8 Å². The third kappa shape index (κ3) is 12.8. The zero-order valence-corrected chi connectivity index (χ0v) is 38.2. The lowest BCUT2D eigenvalue weighted by molar-refractivity contribution is -0.136. The molecule has 1 unspecified atom stereocenters. The first-order valence-electron chi connectivity index (χ1n) is 22.7. The summed E-state index contributed by atoms with van der Waals surface area (Å²) in [5.41, 5.74) is 13.7. The average molecular weight is 977 g/mol. The number of halogens is 2. The van der Waals surface area contributed by atoms with Gasteiger partial charge in [-0.25, -0.2) is 18.3 Å². The van der Waals surface area contributed by atoms with Crippen LogP contribution in [-0.4, -0.2) is 154 Å². The number of amides is 6. The number of benzene rings is 3. The molecule has 0 bridgehead atoms. The van der Waals surface area contributed by atoms with E-state index >= 15 is 0 Å². The zero-order valence-electron chi connectivity index (χ0n) is 38.2. The second kappa shape index (κ2) is 24.5. The summed E-state index contributed by atoms with van der Waals surface area (Å²) in [6, 6.07) is 12.7. The molecule has 0 radical (unpaired) electrons. The van der Waals surface area contributed by atoms with Crippen molar-refractivity contribution in [2.75, 3.05) is 103 Å². The number of anilines is 2. The van der Waals surface area contributed by atoms with Gasteiger partial charge in [0.05, 0.1) is 83.2 Å². The number of nitrogen functional groups attached to an aromatic ring is 1. The van der Waals surface area contributed by atoms with E-state index in [2.05, 4.69) is 15.7 Å². The highest BCUT2D eigenvalue weighted by Crippen LogP contribution is 2.35. The Bertz CT molecular complexity index is 2530. The molecule has 21 nitrogen and oxygen atoms in total. The second-order valence-electron chi connectivity index (χ2n) is 16.1. The minimum Gasteiger partial charge on any atom is -0.454 e. The quantitative estimate of drug-likeness (QED) is 0.0545. The summed E-state index contributed by atoms with van der Waals surface area (Å²) >= 11 is 0. The van der Waals surface area contributed by atoms with Crippen molar-refractivity contribution >= 4 is 47.1 Å². The third-order valence-electron chi connectivity index (χ3n) is 11.4. The number of hydrogen-bond donors (Lipinski definition) is 4. The normalized spacial score (nSPS) is 16.9. The minimum absolute atomic E-state index is 0.0145. The Labute approximate surface area is 400 Å². The summed E-state index contributed by atoms with van der Waals surface area (Å²) in [5, 5.41) is 9.94. The lowest BCUT2D eigenvalue weighted by Gasteiger charge is -2.32. The number of rotatable bonds is 25. The van der Waals surface area contributed by atoms with E-state index in [4.69, 9.17) is 44.6 Å². The van der Waals surface area contributed by atoms with Crippen molar-refractivity contribution in [3.05, 3.63) is 89.0 Å². The Kier molecular flexibility index (Phi) is 17.8. The molecule has 2 atom stereocenters. The predicted octanol–water partition coefficient (Wildman–Crippen LogP) is 3.67. The fraction of sp³-hybridized carbons (Fsp3) is 0.426. The van der Waals surface area contributed by atoms with E-state index < -0.39 is 53.3 Å². The van der Waals surface area contributed by atoms with Gasteiger partial charge in [0, 0.05) is 43.4 Å². The van der Waals surface area contributed by atoms with Gasteiger partial charge in [-0.3, -0.25) is 34.2 Å². The highest BCUT2D eigenvalue weighted by Gasteiger charge is 2.45. The van der Waals surface area contributed by atoms with E-state index in [1.165, 1.54) is 28.9 Å². The molecule has 374 valence electrons. The van der Waals surface area contributed by atoms with Crippen LogP contribution in [0.4, 0.5) is 25.1 Å². The van der Waals surface area contributed by atoms with Crippen LogP contribution in [0.3, 0.4) is 0 Å². The molecule has 23 heteroatoms. The van der Waals surface area contributed by atoms with Crippen LogP contribution in [0.15, 0.2) is 60.7 Å². The molecule has 2 fully saturated rings. The van der Waals surface area contributed by atoms with Gasteiger partial charge in [0.25, 0.3) is 17.7 Å². The number of carbonyl (C=O) groups excluding carboxylic acids is 6. The van der Waals surface area contributed by atoms with Gasteiger partial charge >= 0.3 is 6.09 Å². The van der Waals surface area contributed by atoms with E-state index in [-0.39, 0.29) is 85.0 Å². The van der Waals surface area contributed by atoms with Gasteiger partial charge in [-0.1, -0.05) is 6.07 Å². The highest BCUT2D eigenvalue weighted by atomic mass is 19.1. The first-order valence-corrected chi connectivity index (χ1v) is 22.7.